The minimum atomic E-state index is -2.00. The lowest BCUT2D eigenvalue weighted by Crippen LogP contribution is -2.61. The Hall–Kier alpha value is -11.8. The van der Waals surface area contributed by atoms with Crippen LogP contribution in [0.4, 0.5) is 20.5 Å². The lowest BCUT2D eigenvalue weighted by molar-refractivity contribution is -0.271. The predicted molar refractivity (Wildman–Crippen MR) is 463 cm³/mol. The Morgan fingerprint density at radius 2 is 1.30 bits per heavy atom. The fraction of sp³-hybridized carbons (Fsp3) is 0.511. The highest BCUT2D eigenvalue weighted by Crippen LogP contribution is 2.69. The zero-order valence-electron chi connectivity index (χ0n) is 73.2. The second-order valence-corrected chi connectivity index (χ2v) is 35.3. The molecule has 14 rings (SSSR count). The molecule has 3 aromatic heterocycles. The number of anilines is 2. The number of amides is 6. The van der Waals surface area contributed by atoms with Gasteiger partial charge in [0, 0.05) is 129 Å². The van der Waals surface area contributed by atoms with Gasteiger partial charge >= 0.3 is 30.1 Å². The molecule has 7 aliphatic rings. The lowest BCUT2D eigenvalue weighted by atomic mass is 9.41. The summed E-state index contributed by atoms with van der Waals surface area (Å²) in [5.74, 6) is -5.07. The van der Waals surface area contributed by atoms with Gasteiger partial charge in [0.2, 0.25) is 18.5 Å². The Balaban J connectivity index is 0.586. The summed E-state index contributed by atoms with van der Waals surface area (Å²) < 4.78 is 78.4. The molecule has 15 atom stereocenters. The first-order valence-electron chi connectivity index (χ1n) is 43.3. The number of para-hydroxylation sites is 1. The molecule has 7 aromatic rings. The maximum absolute atomic E-state index is 14.4. The van der Waals surface area contributed by atoms with Gasteiger partial charge in [0.15, 0.2) is 23.0 Å². The first-order valence-corrected chi connectivity index (χ1v) is 44.1. The van der Waals surface area contributed by atoms with Crippen LogP contribution in [-0.2, 0) is 94.6 Å². The van der Waals surface area contributed by atoms with Gasteiger partial charge < -0.3 is 128 Å². The topological polar surface area (TPSA) is 545 Å². The predicted octanol–water partition coefficient (Wildman–Crippen LogP) is 4.74. The number of aromatic nitrogens is 4. The molecule has 6 amide bonds. The van der Waals surface area contributed by atoms with Crippen LogP contribution in [-0.4, -0.2) is 303 Å². The van der Waals surface area contributed by atoms with E-state index in [0.29, 0.717) is 64.9 Å². The van der Waals surface area contributed by atoms with Gasteiger partial charge in [-0.05, 0) is 140 Å². The molecule has 4 aromatic carbocycles. The van der Waals surface area contributed by atoms with Crippen LogP contribution in [0.5, 0.6) is 28.7 Å². The van der Waals surface area contributed by atoms with Crippen molar-refractivity contribution >= 4 is 86.2 Å². The molecule has 3 bridgehead atoms. The number of benzene rings is 4. The Labute approximate surface area is 760 Å². The molecule has 3 saturated carbocycles. The highest BCUT2D eigenvalue weighted by molar-refractivity contribution is 7.22. The number of pyridine rings is 1. The van der Waals surface area contributed by atoms with Crippen molar-refractivity contribution in [3.8, 4) is 39.9 Å². The van der Waals surface area contributed by atoms with E-state index < -0.39 is 116 Å². The second kappa shape index (κ2) is 42.4. The molecule has 7 heterocycles. The molecule has 42 heteroatoms. The molecule has 0 radical (unpaired) electrons. The lowest BCUT2D eigenvalue weighted by Gasteiger charge is -2.66. The number of methoxy groups -OCH3 is 2. The average Bonchev–Trinajstić information content (AvgIpc) is 0.910. The quantitative estimate of drug-likeness (QED) is 0.0181. The molecular formula is C90H108N10O31S. The zero-order valence-corrected chi connectivity index (χ0v) is 74.0. The van der Waals surface area contributed by atoms with E-state index >= 15 is 0 Å². The van der Waals surface area contributed by atoms with E-state index in [2.05, 4.69) is 34.8 Å². The van der Waals surface area contributed by atoms with Crippen LogP contribution < -0.4 is 44.5 Å². The van der Waals surface area contributed by atoms with Crippen LogP contribution in [0.3, 0.4) is 0 Å². The van der Waals surface area contributed by atoms with Crippen LogP contribution in [0, 0.1) is 29.1 Å². The SMILES string of the molecule is COCCN(CCOC1CC2(Cn3ncc(-c4ccc(N5CCc6c(OC)ccc(C(=O)Nc7nc8ccccc8s7)c6C5)nc4C(=O)O)c3C)CC3(C)CCC1C(C)(C3)C2)C(=O)OCc1ccc(O[C@@H]2O[C@H](C(=O)O)[C@@H](O)[C@H](O)[C@H]2O)cc1OCCOCCNC(=O)OCc1ccc(O[C@@H]2O[C@H](C(=O)O)[C@@H](O)[C@H](O)[C@H]2O)cc1OCCOCCNC(=O)CCN1C(=O)C=CC1=O. The average molecular weight is 1860 g/mol. The number of nitrogens with zero attached hydrogens (tertiary/aromatic N) is 7. The van der Waals surface area contributed by atoms with Crippen molar-refractivity contribution in [2.45, 2.75) is 166 Å². The number of carboxylic acid groups (broad SMARTS) is 3. The maximum atomic E-state index is 14.4. The Morgan fingerprint density at radius 1 is 0.659 bits per heavy atom. The van der Waals surface area contributed by atoms with Crippen molar-refractivity contribution in [1.82, 2.24) is 40.2 Å². The van der Waals surface area contributed by atoms with Crippen molar-refractivity contribution in [2.24, 2.45) is 22.2 Å². The third-order valence-electron chi connectivity index (χ3n) is 25.0. The molecule has 5 unspecified atom stereocenters. The van der Waals surface area contributed by atoms with Gasteiger partial charge in [-0.25, -0.2) is 33.9 Å². The number of rotatable bonds is 42. The summed E-state index contributed by atoms with van der Waals surface area (Å²) in [4.78, 5) is 129. The normalized spacial score (nSPS) is 25.3. The molecule has 5 fully saturated rings. The smallest absolute Gasteiger partial charge is 0.410 e. The van der Waals surface area contributed by atoms with Crippen molar-refractivity contribution in [2.75, 3.05) is 117 Å². The summed E-state index contributed by atoms with van der Waals surface area (Å²) in [6.07, 6.45) is -11.4. The Kier molecular flexibility index (Phi) is 30.9. The van der Waals surface area contributed by atoms with E-state index in [1.54, 1.807) is 31.5 Å². The number of aliphatic hydroxyl groups is 6. The molecule has 4 aliphatic heterocycles. The number of aliphatic hydroxyl groups excluding tert-OH is 6. The largest absolute Gasteiger partial charge is 0.496 e. The van der Waals surface area contributed by atoms with Gasteiger partial charge in [0.05, 0.1) is 69.3 Å². The minimum Gasteiger partial charge on any atom is -0.496 e. The van der Waals surface area contributed by atoms with E-state index in [9.17, 15) is 89.1 Å². The molecule has 12 N–H and O–H groups in total. The minimum absolute atomic E-state index is 0.0226. The van der Waals surface area contributed by atoms with Crippen LogP contribution in [0.25, 0.3) is 21.3 Å². The highest BCUT2D eigenvalue weighted by Gasteiger charge is 2.63. The van der Waals surface area contributed by atoms with Gasteiger partial charge in [-0.2, -0.15) is 5.10 Å². The van der Waals surface area contributed by atoms with Gasteiger partial charge in [-0.15, -0.1) is 0 Å². The van der Waals surface area contributed by atoms with Crippen molar-refractivity contribution < 1.29 is 151 Å². The first kappa shape index (κ1) is 96.3. The number of carbonyl (C=O) groups excluding carboxylic acids is 6. The van der Waals surface area contributed by atoms with Gasteiger partial charge in [-0.1, -0.05) is 37.3 Å². The maximum Gasteiger partial charge on any atom is 0.410 e. The summed E-state index contributed by atoms with van der Waals surface area (Å²) in [6.45, 7) is 6.95. The number of aliphatic carboxylic acids is 2. The van der Waals surface area contributed by atoms with Crippen molar-refractivity contribution in [3.63, 3.8) is 0 Å². The fourth-order valence-electron chi connectivity index (χ4n) is 19.0. The van der Waals surface area contributed by atoms with Crippen molar-refractivity contribution in [3.05, 3.63) is 142 Å². The number of hydrogen-bond donors (Lipinski definition) is 12. The van der Waals surface area contributed by atoms with Gasteiger partial charge in [0.1, 0.15) is 97.6 Å². The molecule has 41 nitrogen and oxygen atoms in total. The number of hydrogen-bond acceptors (Lipinski definition) is 33. The van der Waals surface area contributed by atoms with Crippen LogP contribution in [0.15, 0.2) is 103 Å². The van der Waals surface area contributed by atoms with Gasteiger partial charge in [-0.3, -0.25) is 34.1 Å². The monoisotopic (exact) mass is 1860 g/mol. The second-order valence-electron chi connectivity index (χ2n) is 34.3. The highest BCUT2D eigenvalue weighted by atomic mass is 32.1. The molecular weight excluding hydrogens is 1750 g/mol. The van der Waals surface area contributed by atoms with E-state index in [1.165, 1.54) is 59.7 Å². The molecule has 0 spiro atoms. The number of ether oxygens (including phenoxy) is 13. The number of carboxylic acids is 3. The molecule has 3 aliphatic carbocycles. The van der Waals surface area contributed by atoms with E-state index in [0.717, 1.165) is 76.2 Å². The Bertz CT molecular complexity index is 5350. The summed E-state index contributed by atoms with van der Waals surface area (Å²) in [6, 6.07) is 23.0. The first-order chi connectivity index (χ1) is 63.3. The molecule has 132 heavy (non-hydrogen) atoms. The number of aromatic carboxylic acids is 1. The third kappa shape index (κ3) is 22.4. The number of carbonyl (C=O) groups is 9. The van der Waals surface area contributed by atoms with Crippen LogP contribution in [0.2, 0.25) is 0 Å². The van der Waals surface area contributed by atoms with E-state index in [1.807, 2.05) is 46.8 Å². The number of alkyl carbamates (subject to hydrolysis) is 1. The van der Waals surface area contributed by atoms with Crippen LogP contribution in [0.1, 0.15) is 108 Å². The van der Waals surface area contributed by atoms with Gasteiger partial charge in [0.25, 0.3) is 17.7 Å². The number of imide groups is 1. The summed E-state index contributed by atoms with van der Waals surface area (Å²) >= 11 is 1.38. The standard InChI is InChI=1S/C90H108N10O31S/c1-49-57(55-15-17-66(95-70(55)80(111)112)98-26-21-54-58(42-98)56(14-16-61(54)120-5)79(110)96-85-94-60-8-6-7-9-65(60)132-85)41-93-100(49)48-90-40-64(59-20-23-88(2,46-90)45-89(59,3)47-90)123-33-29-97(28-32-119-4)87(118)127-44-51-11-13-53(129-84-76(109)72(105)74(107)78(131-84)82(115)116)39-63(51)125-37-35-122-31-25-92-86(117)126-43-50-10-12-52(128-83-75(108)71(104)73(106)77(130-83)81(113)114)38-62(50)124-36-34-121-30-24-91-67(101)22-27-99-68(102)18-19-69(99)103/h6-19,38-39,41,59,64,71-78,83-84,104-109H,20-37,40,42-48H2,1-5H3,(H,91,101)(H,92,117)(H,111,112)(H,113,114)(H,115,116)(H,94,96,110)/t59?,64?,71-,72-,73-,74-,75+,76+,77-,78-,83+,84+,88?,89?,90?/m0/s1. The number of thiazole rings is 1. The zero-order chi connectivity index (χ0) is 93.9. The summed E-state index contributed by atoms with van der Waals surface area (Å²) in [5, 5.41) is 107. The van der Waals surface area contributed by atoms with Crippen molar-refractivity contribution in [1.29, 1.82) is 0 Å². The third-order valence-corrected chi connectivity index (χ3v) is 26.0. The van der Waals surface area contributed by atoms with Crippen LogP contribution >= 0.6 is 11.3 Å². The van der Waals surface area contributed by atoms with E-state index in [-0.39, 0.29) is 174 Å². The van der Waals surface area contributed by atoms with E-state index in [4.69, 9.17) is 71.7 Å². The fourth-order valence-corrected chi connectivity index (χ4v) is 19.9. The number of nitrogens with one attached hydrogen (secondary N) is 3. The molecule has 710 valence electrons. The summed E-state index contributed by atoms with van der Waals surface area (Å²) in [7, 11) is 3.09. The number of fused-ring (bicyclic) bond motifs is 4. The Morgan fingerprint density at radius 3 is 1.92 bits per heavy atom. The molecule has 2 saturated heterocycles. The summed E-state index contributed by atoms with van der Waals surface area (Å²) in [5.41, 5.74) is 4.67.